The molecule has 0 saturated heterocycles. The van der Waals surface area contributed by atoms with E-state index in [-0.39, 0.29) is 35.5 Å². The van der Waals surface area contributed by atoms with Crippen LogP contribution in [0.15, 0.2) is 47.4 Å². The third kappa shape index (κ3) is 5.99. The van der Waals surface area contributed by atoms with Crippen LogP contribution in [-0.4, -0.2) is 28.8 Å². The fourth-order valence-electron chi connectivity index (χ4n) is 2.72. The van der Waals surface area contributed by atoms with E-state index in [1.54, 1.807) is 0 Å². The molecule has 27 heavy (non-hydrogen) atoms. The monoisotopic (exact) mass is 436 g/mol. The van der Waals surface area contributed by atoms with Gasteiger partial charge in [0.2, 0.25) is 0 Å². The van der Waals surface area contributed by atoms with Crippen LogP contribution in [0.4, 0.5) is 8.78 Å². The SMILES string of the molecule is CS(=O)(=O)CCCCC(c1cc(F)ccc1F)S(=O)(=O)c1ccc(Cl)cc1. The van der Waals surface area contributed by atoms with Crippen LogP contribution in [0.1, 0.15) is 30.1 Å². The fourth-order valence-corrected chi connectivity index (χ4v) is 5.41. The summed E-state index contributed by atoms with van der Waals surface area (Å²) in [6.07, 6.45) is 1.49. The van der Waals surface area contributed by atoms with E-state index in [9.17, 15) is 25.6 Å². The molecule has 1 unspecified atom stereocenters. The first-order valence-corrected chi connectivity index (χ1v) is 12.1. The Morgan fingerprint density at radius 3 is 2.19 bits per heavy atom. The Balaban J connectivity index is 2.39. The second-order valence-corrected chi connectivity index (χ2v) is 11.1. The molecule has 2 aromatic rings. The Hall–Kier alpha value is -1.51. The van der Waals surface area contributed by atoms with Gasteiger partial charge in [-0.15, -0.1) is 0 Å². The first kappa shape index (κ1) is 21.8. The van der Waals surface area contributed by atoms with Crippen molar-refractivity contribution in [2.24, 2.45) is 0 Å². The van der Waals surface area contributed by atoms with E-state index in [0.717, 1.165) is 24.5 Å². The maximum atomic E-state index is 14.3. The first-order chi connectivity index (χ1) is 12.5. The standard InChI is InChI=1S/C18H19ClF2O4S2/c1-26(22,23)11-3-2-4-18(16-12-14(20)7-10-17(16)21)27(24,25)15-8-5-13(19)6-9-15/h5-10,12,18H,2-4,11H2,1H3. The number of hydrogen-bond acceptors (Lipinski definition) is 4. The second kappa shape index (κ2) is 8.67. The summed E-state index contributed by atoms with van der Waals surface area (Å²) in [5, 5.41) is -0.996. The molecule has 1 atom stereocenters. The van der Waals surface area contributed by atoms with Crippen LogP contribution in [0, 0.1) is 11.6 Å². The van der Waals surface area contributed by atoms with Crippen molar-refractivity contribution < 1.29 is 25.6 Å². The molecule has 4 nitrogen and oxygen atoms in total. The van der Waals surface area contributed by atoms with Gasteiger partial charge in [-0.1, -0.05) is 18.0 Å². The molecule has 0 amide bonds. The number of benzene rings is 2. The van der Waals surface area contributed by atoms with Gasteiger partial charge in [-0.2, -0.15) is 0 Å². The smallest absolute Gasteiger partial charge is 0.185 e. The van der Waals surface area contributed by atoms with Crippen molar-refractivity contribution in [3.8, 4) is 0 Å². The van der Waals surface area contributed by atoms with E-state index in [0.29, 0.717) is 5.02 Å². The van der Waals surface area contributed by atoms with E-state index >= 15 is 0 Å². The van der Waals surface area contributed by atoms with E-state index in [2.05, 4.69) is 0 Å². The maximum Gasteiger partial charge on any atom is 0.185 e. The highest BCUT2D eigenvalue weighted by Gasteiger charge is 2.31. The van der Waals surface area contributed by atoms with Gasteiger partial charge in [0.1, 0.15) is 21.5 Å². The highest BCUT2D eigenvalue weighted by molar-refractivity contribution is 7.91. The predicted octanol–water partition coefficient (Wildman–Crippen LogP) is 4.35. The molecular weight excluding hydrogens is 418 g/mol. The minimum Gasteiger partial charge on any atom is -0.229 e. The van der Waals surface area contributed by atoms with Crippen molar-refractivity contribution in [2.75, 3.05) is 12.0 Å². The van der Waals surface area contributed by atoms with E-state index in [1.165, 1.54) is 24.3 Å². The zero-order chi connectivity index (χ0) is 20.2. The van der Waals surface area contributed by atoms with Crippen LogP contribution >= 0.6 is 11.6 Å². The molecule has 0 aromatic heterocycles. The summed E-state index contributed by atoms with van der Waals surface area (Å²) in [7, 11) is -7.23. The lowest BCUT2D eigenvalue weighted by atomic mass is 10.1. The highest BCUT2D eigenvalue weighted by atomic mass is 35.5. The molecule has 0 aliphatic heterocycles. The van der Waals surface area contributed by atoms with Crippen molar-refractivity contribution in [3.63, 3.8) is 0 Å². The molecule has 9 heteroatoms. The van der Waals surface area contributed by atoms with Crippen LogP contribution in [-0.2, 0) is 19.7 Å². The van der Waals surface area contributed by atoms with Gasteiger partial charge in [0, 0.05) is 22.6 Å². The quantitative estimate of drug-likeness (QED) is 0.577. The van der Waals surface area contributed by atoms with Crippen LogP contribution in [0.5, 0.6) is 0 Å². The lowest BCUT2D eigenvalue weighted by Gasteiger charge is -2.19. The summed E-state index contributed by atoms with van der Waals surface area (Å²) in [5.74, 6) is -1.69. The fraction of sp³-hybridized carbons (Fsp3) is 0.333. The van der Waals surface area contributed by atoms with Gasteiger partial charge in [-0.05, 0) is 55.3 Å². The van der Waals surface area contributed by atoms with Gasteiger partial charge in [0.05, 0.1) is 10.1 Å². The molecule has 0 fully saturated rings. The summed E-state index contributed by atoms with van der Waals surface area (Å²) in [6, 6.07) is 8.06. The third-order valence-electron chi connectivity index (χ3n) is 4.05. The molecule has 0 aliphatic rings. The lowest BCUT2D eigenvalue weighted by molar-refractivity contribution is 0.543. The Morgan fingerprint density at radius 2 is 1.59 bits per heavy atom. The number of unbranched alkanes of at least 4 members (excludes halogenated alkanes) is 1. The lowest BCUT2D eigenvalue weighted by Crippen LogP contribution is -2.16. The number of halogens is 3. The van der Waals surface area contributed by atoms with Gasteiger partial charge < -0.3 is 0 Å². The maximum absolute atomic E-state index is 14.3. The molecule has 0 spiro atoms. The average Bonchev–Trinajstić information content (AvgIpc) is 2.56. The zero-order valence-electron chi connectivity index (χ0n) is 14.5. The Morgan fingerprint density at radius 1 is 0.963 bits per heavy atom. The number of rotatable bonds is 8. The molecule has 0 N–H and O–H groups in total. The summed E-state index contributed by atoms with van der Waals surface area (Å²) >= 11 is 5.79. The molecule has 0 aliphatic carbocycles. The Bertz CT molecular complexity index is 1000. The molecule has 148 valence electrons. The van der Waals surface area contributed by atoms with Crippen LogP contribution in [0.3, 0.4) is 0 Å². The molecule has 0 radical (unpaired) electrons. The molecule has 2 rings (SSSR count). The third-order valence-corrected chi connectivity index (χ3v) is 7.50. The average molecular weight is 437 g/mol. The summed E-state index contributed by atoms with van der Waals surface area (Å²) in [4.78, 5) is -0.0660. The van der Waals surface area contributed by atoms with Gasteiger partial charge in [0.15, 0.2) is 9.84 Å². The van der Waals surface area contributed by atoms with Crippen molar-refractivity contribution in [1.29, 1.82) is 0 Å². The normalized spacial score (nSPS) is 13.5. The van der Waals surface area contributed by atoms with Crippen molar-refractivity contribution in [2.45, 2.75) is 29.4 Å². The molecule has 0 heterocycles. The Labute approximate surface area is 163 Å². The molecule has 0 saturated carbocycles. The zero-order valence-corrected chi connectivity index (χ0v) is 16.9. The van der Waals surface area contributed by atoms with Crippen LogP contribution in [0.2, 0.25) is 5.02 Å². The highest BCUT2D eigenvalue weighted by Crippen LogP contribution is 2.35. The van der Waals surface area contributed by atoms with Gasteiger partial charge >= 0.3 is 0 Å². The summed E-state index contributed by atoms with van der Waals surface area (Å²) < 4.78 is 76.5. The Kier molecular flexibility index (Phi) is 6.99. The second-order valence-electron chi connectivity index (χ2n) is 6.28. The van der Waals surface area contributed by atoms with E-state index in [4.69, 9.17) is 11.6 Å². The summed E-state index contributed by atoms with van der Waals surface area (Å²) in [5.41, 5.74) is -0.274. The summed E-state index contributed by atoms with van der Waals surface area (Å²) in [6.45, 7) is 0. The van der Waals surface area contributed by atoms with Crippen molar-refractivity contribution >= 4 is 31.3 Å². The van der Waals surface area contributed by atoms with Gasteiger partial charge in [-0.25, -0.2) is 25.6 Å². The van der Waals surface area contributed by atoms with Crippen LogP contribution < -0.4 is 0 Å². The number of sulfone groups is 2. The predicted molar refractivity (Wildman–Crippen MR) is 101 cm³/mol. The van der Waals surface area contributed by atoms with E-state index < -0.39 is 36.6 Å². The molecule has 0 bridgehead atoms. The van der Waals surface area contributed by atoms with Gasteiger partial charge in [-0.3, -0.25) is 0 Å². The molecular formula is C18H19ClF2O4S2. The van der Waals surface area contributed by atoms with Crippen molar-refractivity contribution in [1.82, 2.24) is 0 Å². The minimum atomic E-state index is -4.04. The van der Waals surface area contributed by atoms with Gasteiger partial charge in [0.25, 0.3) is 0 Å². The number of hydrogen-bond donors (Lipinski definition) is 0. The van der Waals surface area contributed by atoms with Crippen LogP contribution in [0.25, 0.3) is 0 Å². The minimum absolute atomic E-state index is 0.0408. The van der Waals surface area contributed by atoms with Crippen molar-refractivity contribution in [3.05, 3.63) is 64.7 Å². The topological polar surface area (TPSA) is 68.3 Å². The first-order valence-electron chi connectivity index (χ1n) is 8.13. The largest absolute Gasteiger partial charge is 0.229 e. The van der Waals surface area contributed by atoms with E-state index in [1.807, 2.05) is 0 Å². The molecule has 2 aromatic carbocycles.